The summed E-state index contributed by atoms with van der Waals surface area (Å²) in [5, 5.41) is 0. The molecule has 1 fully saturated rings. The summed E-state index contributed by atoms with van der Waals surface area (Å²) in [5.74, 6) is -4.12. The average Bonchev–Trinajstić information content (AvgIpc) is 2.40. The predicted molar refractivity (Wildman–Crippen MR) is 70.1 cm³/mol. The van der Waals surface area contributed by atoms with Crippen LogP contribution in [0.1, 0.15) is 39.5 Å². The maximum atomic E-state index is 11.7. The highest BCUT2D eigenvalue weighted by Gasteiger charge is 2.50. The Morgan fingerprint density at radius 3 is 1.81 bits per heavy atom. The SMILES string of the molecule is CC(=O)CCC(=O)CN1C(=O)C(C(=O)CCC(C)=O)C1=O. The number of hydrogen-bond acceptors (Lipinski definition) is 6. The molecular formula is C14H17NO6. The van der Waals surface area contributed by atoms with E-state index in [9.17, 15) is 28.8 Å². The molecule has 7 nitrogen and oxygen atoms in total. The van der Waals surface area contributed by atoms with Crippen molar-refractivity contribution < 1.29 is 28.8 Å². The lowest BCUT2D eigenvalue weighted by Crippen LogP contribution is -2.61. The highest BCUT2D eigenvalue weighted by atomic mass is 16.2. The molecule has 0 aromatic heterocycles. The maximum absolute atomic E-state index is 11.7. The summed E-state index contributed by atoms with van der Waals surface area (Å²) in [6.07, 6.45) is -0.123. The third-order valence-corrected chi connectivity index (χ3v) is 3.16. The molecule has 114 valence electrons. The van der Waals surface area contributed by atoms with Gasteiger partial charge in [-0.3, -0.25) is 24.1 Å². The van der Waals surface area contributed by atoms with Crippen LogP contribution in [0, 0.1) is 5.92 Å². The number of carbonyl (C=O) groups excluding carboxylic acids is 6. The van der Waals surface area contributed by atoms with Crippen molar-refractivity contribution >= 4 is 34.9 Å². The van der Waals surface area contributed by atoms with Gasteiger partial charge in [-0.1, -0.05) is 0 Å². The van der Waals surface area contributed by atoms with Crippen LogP contribution in [0.15, 0.2) is 0 Å². The molecule has 0 aromatic carbocycles. The van der Waals surface area contributed by atoms with E-state index in [0.29, 0.717) is 0 Å². The molecule has 21 heavy (non-hydrogen) atoms. The van der Waals surface area contributed by atoms with Gasteiger partial charge in [0.05, 0.1) is 6.54 Å². The molecule has 0 aliphatic carbocycles. The molecule has 0 saturated carbocycles. The summed E-state index contributed by atoms with van der Waals surface area (Å²) in [6.45, 7) is 2.26. The minimum atomic E-state index is -1.37. The molecule has 1 heterocycles. The third kappa shape index (κ3) is 4.40. The topological polar surface area (TPSA) is 106 Å². The summed E-state index contributed by atoms with van der Waals surface area (Å²) < 4.78 is 0. The van der Waals surface area contributed by atoms with E-state index in [2.05, 4.69) is 0 Å². The summed E-state index contributed by atoms with van der Waals surface area (Å²) in [7, 11) is 0. The van der Waals surface area contributed by atoms with Crippen LogP contribution in [0.5, 0.6) is 0 Å². The van der Waals surface area contributed by atoms with Gasteiger partial charge in [-0.15, -0.1) is 0 Å². The number of likely N-dealkylation sites (tertiary alicyclic amines) is 1. The van der Waals surface area contributed by atoms with E-state index in [0.717, 1.165) is 4.90 Å². The van der Waals surface area contributed by atoms with Crippen molar-refractivity contribution in [1.82, 2.24) is 4.90 Å². The Balaban J connectivity index is 2.48. The third-order valence-electron chi connectivity index (χ3n) is 3.16. The monoisotopic (exact) mass is 295 g/mol. The second kappa shape index (κ2) is 7.01. The molecule has 1 aliphatic heterocycles. The quantitative estimate of drug-likeness (QED) is 0.432. The zero-order valence-electron chi connectivity index (χ0n) is 12.0. The largest absolute Gasteiger partial charge is 0.300 e. The van der Waals surface area contributed by atoms with Gasteiger partial charge in [0.2, 0.25) is 11.8 Å². The normalized spacial score (nSPS) is 14.9. The predicted octanol–water partition coefficient (Wildman–Crippen LogP) is -0.152. The van der Waals surface area contributed by atoms with Crippen LogP contribution >= 0.6 is 0 Å². The second-order valence-corrected chi connectivity index (χ2v) is 5.10. The molecule has 0 bridgehead atoms. The fourth-order valence-electron chi connectivity index (χ4n) is 1.91. The Bertz CT molecular complexity index is 506. The van der Waals surface area contributed by atoms with E-state index in [-0.39, 0.29) is 37.2 Å². The van der Waals surface area contributed by atoms with Crippen LogP contribution in [0.3, 0.4) is 0 Å². The number of nitrogens with zero attached hydrogens (tertiary/aromatic N) is 1. The zero-order chi connectivity index (χ0) is 16.2. The van der Waals surface area contributed by atoms with Crippen LogP contribution in [0.4, 0.5) is 0 Å². The van der Waals surface area contributed by atoms with Gasteiger partial charge in [0.15, 0.2) is 17.5 Å². The van der Waals surface area contributed by atoms with Gasteiger partial charge >= 0.3 is 0 Å². The number of β-lactam (4-membered cyclic amide) rings is 2. The van der Waals surface area contributed by atoms with Crippen molar-refractivity contribution in [2.45, 2.75) is 39.5 Å². The van der Waals surface area contributed by atoms with Gasteiger partial charge in [-0.2, -0.15) is 0 Å². The second-order valence-electron chi connectivity index (χ2n) is 5.10. The van der Waals surface area contributed by atoms with Gasteiger partial charge in [0.25, 0.3) is 0 Å². The number of amides is 2. The molecule has 1 saturated heterocycles. The van der Waals surface area contributed by atoms with Crippen molar-refractivity contribution in [3.8, 4) is 0 Å². The summed E-state index contributed by atoms with van der Waals surface area (Å²) in [4.78, 5) is 68.8. The van der Waals surface area contributed by atoms with Crippen molar-refractivity contribution in [3.63, 3.8) is 0 Å². The van der Waals surface area contributed by atoms with E-state index >= 15 is 0 Å². The Hall–Kier alpha value is -2.18. The Morgan fingerprint density at radius 2 is 1.33 bits per heavy atom. The molecule has 0 spiro atoms. The van der Waals surface area contributed by atoms with Crippen molar-refractivity contribution in [1.29, 1.82) is 0 Å². The number of hydrogen-bond donors (Lipinski definition) is 0. The molecule has 0 N–H and O–H groups in total. The summed E-state index contributed by atoms with van der Waals surface area (Å²) in [5.41, 5.74) is 0. The fraction of sp³-hybridized carbons (Fsp3) is 0.571. The van der Waals surface area contributed by atoms with Crippen LogP contribution < -0.4 is 0 Å². The van der Waals surface area contributed by atoms with E-state index < -0.39 is 35.8 Å². The zero-order valence-corrected chi connectivity index (χ0v) is 12.0. The van der Waals surface area contributed by atoms with Gasteiger partial charge in [-0.05, 0) is 13.8 Å². The van der Waals surface area contributed by atoms with E-state index in [1.54, 1.807) is 0 Å². The molecule has 1 aliphatic rings. The minimum absolute atomic E-state index is 0.00651. The molecule has 0 radical (unpaired) electrons. The first-order valence-corrected chi connectivity index (χ1v) is 6.62. The van der Waals surface area contributed by atoms with E-state index in [1.165, 1.54) is 13.8 Å². The summed E-state index contributed by atoms with van der Waals surface area (Å²) in [6, 6.07) is 0. The highest BCUT2D eigenvalue weighted by molar-refractivity contribution is 6.30. The minimum Gasteiger partial charge on any atom is -0.300 e. The Kier molecular flexibility index (Phi) is 5.63. The van der Waals surface area contributed by atoms with E-state index in [4.69, 9.17) is 0 Å². The number of imide groups is 1. The number of carbonyl (C=O) groups is 6. The first-order valence-electron chi connectivity index (χ1n) is 6.62. The fourth-order valence-corrected chi connectivity index (χ4v) is 1.91. The lowest BCUT2D eigenvalue weighted by atomic mass is 9.89. The van der Waals surface area contributed by atoms with Gasteiger partial charge in [-0.25, -0.2) is 0 Å². The number of Topliss-reactive ketones (excluding diaryl/α,β-unsaturated/α-hetero) is 4. The van der Waals surface area contributed by atoms with Crippen molar-refractivity contribution in [3.05, 3.63) is 0 Å². The summed E-state index contributed by atoms with van der Waals surface area (Å²) >= 11 is 0. The smallest absolute Gasteiger partial charge is 0.249 e. The standard InChI is InChI=1S/C14H17NO6/c1-8(16)3-5-10(18)7-15-13(20)12(14(15)21)11(19)6-4-9(2)17/h12H,3-7H2,1-2H3. The molecule has 0 atom stereocenters. The van der Waals surface area contributed by atoms with Crippen molar-refractivity contribution in [2.75, 3.05) is 6.54 Å². The van der Waals surface area contributed by atoms with Crippen LogP contribution in [-0.4, -0.2) is 46.4 Å². The average molecular weight is 295 g/mol. The van der Waals surface area contributed by atoms with Crippen LogP contribution in [0.2, 0.25) is 0 Å². The van der Waals surface area contributed by atoms with E-state index in [1.807, 2.05) is 0 Å². The van der Waals surface area contributed by atoms with Crippen LogP contribution in [0.25, 0.3) is 0 Å². The Morgan fingerprint density at radius 1 is 0.857 bits per heavy atom. The van der Waals surface area contributed by atoms with Gasteiger partial charge in [0, 0.05) is 25.7 Å². The van der Waals surface area contributed by atoms with Gasteiger partial charge in [0.1, 0.15) is 11.6 Å². The Labute approximate surface area is 121 Å². The highest BCUT2D eigenvalue weighted by Crippen LogP contribution is 2.22. The van der Waals surface area contributed by atoms with Crippen molar-refractivity contribution in [2.24, 2.45) is 5.92 Å². The maximum Gasteiger partial charge on any atom is 0.249 e. The van der Waals surface area contributed by atoms with Crippen LogP contribution in [-0.2, 0) is 28.8 Å². The molecular weight excluding hydrogens is 278 g/mol. The lowest BCUT2D eigenvalue weighted by molar-refractivity contribution is -0.169. The molecule has 1 rings (SSSR count). The lowest BCUT2D eigenvalue weighted by Gasteiger charge is -2.34. The first-order chi connectivity index (χ1) is 9.73. The number of rotatable bonds is 9. The molecule has 0 unspecified atom stereocenters. The molecule has 7 heteroatoms. The first kappa shape index (κ1) is 16.9. The molecule has 0 aromatic rings. The van der Waals surface area contributed by atoms with Gasteiger partial charge < -0.3 is 9.59 Å². The number of ketones is 4. The molecule has 2 amide bonds.